The molecule has 0 spiro atoms. The third-order valence-electron chi connectivity index (χ3n) is 12.5. The summed E-state index contributed by atoms with van der Waals surface area (Å²) in [5.41, 5.74) is 9.64. The summed E-state index contributed by atoms with van der Waals surface area (Å²) in [5, 5.41) is 22.7. The van der Waals surface area contributed by atoms with Crippen molar-refractivity contribution < 1.29 is 0 Å². The van der Waals surface area contributed by atoms with E-state index in [1.165, 1.54) is 30.9 Å². The van der Waals surface area contributed by atoms with Crippen molar-refractivity contribution in [2.75, 3.05) is 0 Å². The summed E-state index contributed by atoms with van der Waals surface area (Å²) in [7, 11) is 0. The van der Waals surface area contributed by atoms with E-state index in [4.69, 9.17) is 6.57 Å². The molecule has 13 rings (SSSR count). The van der Waals surface area contributed by atoms with Gasteiger partial charge in [-0.05, 0) is 83.6 Å². The van der Waals surface area contributed by atoms with Crippen LogP contribution in [0.2, 0.25) is 0 Å². The van der Waals surface area contributed by atoms with Crippen LogP contribution in [0.1, 0.15) is 5.56 Å². The van der Waals surface area contributed by atoms with Gasteiger partial charge < -0.3 is 13.7 Å². The van der Waals surface area contributed by atoms with Gasteiger partial charge in [-0.25, -0.2) is 4.85 Å². The second-order valence-corrected chi connectivity index (χ2v) is 16.6. The lowest BCUT2D eigenvalue weighted by Gasteiger charge is -2.16. The van der Waals surface area contributed by atoms with Gasteiger partial charge in [-0.15, -0.1) is 11.3 Å². The average molecular weight is 780 g/mol. The summed E-state index contributed by atoms with van der Waals surface area (Å²) in [6, 6.07) is 64.5. The van der Waals surface area contributed by atoms with Crippen LogP contribution in [0.3, 0.4) is 0 Å². The maximum Gasteiger partial charge on any atom is 0.212 e. The van der Waals surface area contributed by atoms with Crippen molar-refractivity contribution in [1.82, 2.24) is 13.7 Å². The SMILES string of the molecule is [C-]#[N+]c1cc(-n2c3ccc(-n4c5ccccc5c5ccccc54)cc3c3cc4sc5ccccc5c4cc32)c(C#N)cc1-n1c2ccccc2c2c3ccccc3ccc21. The molecule has 0 radical (unpaired) electrons. The lowest BCUT2D eigenvalue weighted by Crippen LogP contribution is -2.02. The fraction of sp³-hybridized carbons (Fsp3) is 0. The number of fused-ring (bicyclic) bond motifs is 14. The number of rotatable bonds is 3. The number of hydrogen-bond acceptors (Lipinski definition) is 2. The van der Waals surface area contributed by atoms with E-state index in [1.54, 1.807) is 11.3 Å². The lowest BCUT2D eigenvalue weighted by molar-refractivity contribution is 1.14. The van der Waals surface area contributed by atoms with Crippen LogP contribution in [0.5, 0.6) is 0 Å². The zero-order valence-corrected chi connectivity index (χ0v) is 32.7. The highest BCUT2D eigenvalue weighted by Crippen LogP contribution is 2.45. The van der Waals surface area contributed by atoms with Crippen LogP contribution in [0.25, 0.3) is 118 Å². The van der Waals surface area contributed by atoms with Gasteiger partial charge in [-0.3, -0.25) is 0 Å². The topological polar surface area (TPSA) is 42.9 Å². The van der Waals surface area contributed by atoms with Gasteiger partial charge in [0.15, 0.2) is 0 Å². The van der Waals surface area contributed by atoms with Crippen LogP contribution in [-0.2, 0) is 0 Å². The zero-order chi connectivity index (χ0) is 39.6. The monoisotopic (exact) mass is 779 g/mol. The van der Waals surface area contributed by atoms with Crippen LogP contribution in [0, 0.1) is 17.9 Å². The third kappa shape index (κ3) is 4.38. The predicted octanol–water partition coefficient (Wildman–Crippen LogP) is 14.9. The van der Waals surface area contributed by atoms with Gasteiger partial charge in [0, 0.05) is 58.2 Å². The Kier molecular flexibility index (Phi) is 6.67. The van der Waals surface area contributed by atoms with E-state index < -0.39 is 0 Å². The van der Waals surface area contributed by atoms with E-state index in [9.17, 15) is 5.26 Å². The largest absolute Gasteiger partial charge is 0.319 e. The minimum absolute atomic E-state index is 0.471. The Labute approximate surface area is 346 Å². The van der Waals surface area contributed by atoms with E-state index in [2.05, 4.69) is 182 Å². The number of hydrogen-bond donors (Lipinski definition) is 0. The highest BCUT2D eigenvalue weighted by atomic mass is 32.1. The first kappa shape index (κ1) is 32.9. The molecule has 6 heteroatoms. The fourth-order valence-electron chi connectivity index (χ4n) is 9.93. The first-order valence-electron chi connectivity index (χ1n) is 19.9. The first-order chi connectivity index (χ1) is 29.7. The fourth-order valence-corrected chi connectivity index (χ4v) is 11.1. The highest BCUT2D eigenvalue weighted by molar-refractivity contribution is 7.25. The molecule has 276 valence electrons. The summed E-state index contributed by atoms with van der Waals surface area (Å²) in [6.45, 7) is 8.65. The summed E-state index contributed by atoms with van der Waals surface area (Å²) in [6.07, 6.45) is 0. The molecule has 0 amide bonds. The normalized spacial score (nSPS) is 12.0. The molecule has 0 aliphatic carbocycles. The molecular weight excluding hydrogens is 751 g/mol. The van der Waals surface area contributed by atoms with E-state index in [1.807, 2.05) is 18.2 Å². The van der Waals surface area contributed by atoms with E-state index in [0.29, 0.717) is 22.6 Å². The highest BCUT2D eigenvalue weighted by Gasteiger charge is 2.23. The Balaban J connectivity index is 1.12. The van der Waals surface area contributed by atoms with Crippen LogP contribution in [0.4, 0.5) is 5.69 Å². The number of nitrogens with zero attached hydrogens (tertiary/aromatic N) is 5. The van der Waals surface area contributed by atoms with Crippen LogP contribution in [0.15, 0.2) is 176 Å². The van der Waals surface area contributed by atoms with Crippen molar-refractivity contribution in [3.8, 4) is 23.1 Å². The van der Waals surface area contributed by atoms with Gasteiger partial charge in [0.2, 0.25) is 5.69 Å². The van der Waals surface area contributed by atoms with Gasteiger partial charge in [0.1, 0.15) is 6.07 Å². The standard InChI is InChI=1S/C54H29N5S/c1-56-43-30-49(33(31-55)26-51(43)58-46-20-10-6-17-39(46)54-35-13-3-2-12-32(35)22-24-48(54)58)59-47-25-23-34(57-44-18-8-4-14-36(44)37-15-5-9-19-45(37)57)27-40(47)41-29-53-42(28-50(41)59)38-16-7-11-21-52(38)60-53/h2-30H. The minimum atomic E-state index is 0.471. The molecule has 0 saturated heterocycles. The Hall–Kier alpha value is -8.16. The molecule has 0 aliphatic rings. The average Bonchev–Trinajstić information content (AvgIpc) is 4.04. The molecule has 0 N–H and O–H groups in total. The van der Waals surface area contributed by atoms with E-state index >= 15 is 0 Å². The molecular formula is C54H29N5S. The van der Waals surface area contributed by atoms with Crippen LogP contribution in [-0.4, -0.2) is 13.7 Å². The van der Waals surface area contributed by atoms with E-state index in [0.717, 1.165) is 71.1 Å². The van der Waals surface area contributed by atoms with Crippen molar-refractivity contribution >= 4 is 113 Å². The molecule has 4 heterocycles. The van der Waals surface area contributed by atoms with Gasteiger partial charge in [-0.2, -0.15) is 5.26 Å². The van der Waals surface area contributed by atoms with Gasteiger partial charge >= 0.3 is 0 Å². The maximum absolute atomic E-state index is 11.1. The molecule has 4 aromatic heterocycles. The molecule has 5 nitrogen and oxygen atoms in total. The number of thiophene rings is 1. The molecule has 60 heavy (non-hydrogen) atoms. The lowest BCUT2D eigenvalue weighted by atomic mass is 10.0. The van der Waals surface area contributed by atoms with Gasteiger partial charge in [-0.1, -0.05) is 103 Å². The van der Waals surface area contributed by atoms with E-state index in [-0.39, 0.29) is 0 Å². The number of para-hydroxylation sites is 3. The molecule has 13 aromatic rings. The molecule has 0 bridgehead atoms. The second-order valence-electron chi connectivity index (χ2n) is 15.5. The van der Waals surface area contributed by atoms with Crippen molar-refractivity contribution in [2.45, 2.75) is 0 Å². The van der Waals surface area contributed by atoms with Gasteiger partial charge in [0.25, 0.3) is 0 Å². The van der Waals surface area contributed by atoms with Crippen molar-refractivity contribution in [1.29, 1.82) is 5.26 Å². The molecule has 9 aromatic carbocycles. The number of nitriles is 1. The van der Waals surface area contributed by atoms with Crippen molar-refractivity contribution in [2.24, 2.45) is 0 Å². The zero-order valence-electron chi connectivity index (χ0n) is 31.9. The quantitative estimate of drug-likeness (QED) is 0.165. The Bertz CT molecular complexity index is 4050. The molecule has 0 atom stereocenters. The Morgan fingerprint density at radius 3 is 1.78 bits per heavy atom. The van der Waals surface area contributed by atoms with Crippen LogP contribution >= 0.6 is 11.3 Å². The smallest absolute Gasteiger partial charge is 0.212 e. The Morgan fingerprint density at radius 1 is 0.433 bits per heavy atom. The first-order valence-corrected chi connectivity index (χ1v) is 20.8. The minimum Gasteiger partial charge on any atom is -0.319 e. The summed E-state index contributed by atoms with van der Waals surface area (Å²) < 4.78 is 9.18. The predicted molar refractivity (Wildman–Crippen MR) is 251 cm³/mol. The van der Waals surface area contributed by atoms with Crippen molar-refractivity contribution in [3.05, 3.63) is 193 Å². The number of benzene rings is 9. The number of aromatic nitrogens is 3. The third-order valence-corrected chi connectivity index (χ3v) is 13.6. The Morgan fingerprint density at radius 2 is 1.03 bits per heavy atom. The maximum atomic E-state index is 11.1. The van der Waals surface area contributed by atoms with Crippen LogP contribution < -0.4 is 0 Å². The molecule has 0 fully saturated rings. The summed E-state index contributed by atoms with van der Waals surface area (Å²) >= 11 is 1.80. The molecule has 0 aliphatic heterocycles. The summed E-state index contributed by atoms with van der Waals surface area (Å²) in [4.78, 5) is 4.20. The summed E-state index contributed by atoms with van der Waals surface area (Å²) in [5.74, 6) is 0. The molecule has 0 saturated carbocycles. The van der Waals surface area contributed by atoms with Gasteiger partial charge in [0.05, 0.1) is 56.6 Å². The molecule has 0 unspecified atom stereocenters. The second kappa shape index (κ2) is 12.2. The van der Waals surface area contributed by atoms with Crippen molar-refractivity contribution in [3.63, 3.8) is 0 Å².